The minimum atomic E-state index is -1.08. The highest BCUT2D eigenvalue weighted by atomic mass is 35.5. The number of hydrogen-bond acceptors (Lipinski definition) is 4. The van der Waals surface area contributed by atoms with E-state index in [1.165, 1.54) is 36.9 Å². The summed E-state index contributed by atoms with van der Waals surface area (Å²) in [4.78, 5) is 24.6. The van der Waals surface area contributed by atoms with Crippen molar-refractivity contribution in [2.45, 2.75) is 17.9 Å². The first kappa shape index (κ1) is 19.0. The summed E-state index contributed by atoms with van der Waals surface area (Å²) in [6.07, 6.45) is 0.151. The summed E-state index contributed by atoms with van der Waals surface area (Å²) < 4.78 is 18.6. The van der Waals surface area contributed by atoms with Gasteiger partial charge in [-0.25, -0.2) is 9.18 Å². The van der Waals surface area contributed by atoms with Crippen LogP contribution in [0.25, 0.3) is 0 Å². The molecular weight excluding hydrogens is 365 g/mol. The van der Waals surface area contributed by atoms with E-state index in [9.17, 15) is 14.0 Å². The van der Waals surface area contributed by atoms with E-state index in [0.29, 0.717) is 0 Å². The third kappa shape index (κ3) is 6.25. The first-order valence-electron chi connectivity index (χ1n) is 7.30. The Bertz CT molecular complexity index is 783. The molecule has 0 bridgehead atoms. The fourth-order valence-corrected chi connectivity index (χ4v) is 2.57. The van der Waals surface area contributed by atoms with Crippen LogP contribution < -0.4 is 5.32 Å². The Morgan fingerprint density at radius 1 is 1.24 bits per heavy atom. The quantitative estimate of drug-likeness (QED) is 0.450. The summed E-state index contributed by atoms with van der Waals surface area (Å²) >= 11 is 6.99. The van der Waals surface area contributed by atoms with E-state index in [-0.39, 0.29) is 10.7 Å². The topological polar surface area (TPSA) is 55.4 Å². The molecule has 2 rings (SSSR count). The molecule has 0 unspecified atom stereocenters. The van der Waals surface area contributed by atoms with E-state index in [0.717, 1.165) is 11.0 Å². The van der Waals surface area contributed by atoms with Crippen LogP contribution in [-0.2, 0) is 14.3 Å². The lowest BCUT2D eigenvalue weighted by Crippen LogP contribution is -2.29. The largest absolute Gasteiger partial charge is 0.449 e. The van der Waals surface area contributed by atoms with Gasteiger partial charge in [0.1, 0.15) is 5.82 Å². The van der Waals surface area contributed by atoms with Crippen molar-refractivity contribution in [2.75, 3.05) is 5.32 Å². The van der Waals surface area contributed by atoms with Crippen LogP contribution in [0.5, 0.6) is 0 Å². The molecule has 0 aliphatic carbocycles. The maximum absolute atomic E-state index is 13.6. The van der Waals surface area contributed by atoms with Crippen molar-refractivity contribution in [3.8, 4) is 0 Å². The summed E-state index contributed by atoms with van der Waals surface area (Å²) in [6, 6.07) is 13.3. The Morgan fingerprint density at radius 3 is 2.64 bits per heavy atom. The lowest BCUT2D eigenvalue weighted by atomic mass is 10.3. The Morgan fingerprint density at radius 2 is 1.96 bits per heavy atom. The first-order chi connectivity index (χ1) is 12.0. The monoisotopic (exact) mass is 379 g/mol. The number of hydrogen-bond donors (Lipinski definition) is 1. The van der Waals surface area contributed by atoms with Crippen molar-refractivity contribution in [3.05, 3.63) is 70.9 Å². The number of halogens is 2. The van der Waals surface area contributed by atoms with E-state index in [4.69, 9.17) is 16.3 Å². The Balaban J connectivity index is 1.84. The zero-order valence-electron chi connectivity index (χ0n) is 13.2. The second-order valence-corrected chi connectivity index (χ2v) is 6.34. The number of carbonyl (C=O) groups excluding carboxylic acids is 2. The van der Waals surface area contributed by atoms with Crippen LogP contribution in [0.3, 0.4) is 0 Å². The van der Waals surface area contributed by atoms with E-state index in [1.807, 2.05) is 30.3 Å². The van der Waals surface area contributed by atoms with Gasteiger partial charge >= 0.3 is 5.97 Å². The molecular formula is C18H15ClFNO3S. The molecule has 0 aliphatic heterocycles. The summed E-state index contributed by atoms with van der Waals surface area (Å²) in [7, 11) is 0. The number of benzene rings is 2. The third-order valence-corrected chi connectivity index (χ3v) is 4.05. The number of amides is 1. The van der Waals surface area contributed by atoms with Crippen LogP contribution >= 0.6 is 23.4 Å². The molecule has 2 aromatic rings. The molecule has 0 saturated carbocycles. The van der Waals surface area contributed by atoms with Gasteiger partial charge in [-0.3, -0.25) is 4.79 Å². The number of thioether (sulfide) groups is 1. The van der Waals surface area contributed by atoms with Gasteiger partial charge in [0.2, 0.25) is 0 Å². The molecule has 0 radical (unpaired) electrons. The van der Waals surface area contributed by atoms with Crippen LogP contribution in [0.15, 0.2) is 64.9 Å². The normalized spacial score (nSPS) is 12.0. The Labute approximate surface area is 154 Å². The van der Waals surface area contributed by atoms with Crippen LogP contribution in [0, 0.1) is 5.82 Å². The predicted molar refractivity (Wildman–Crippen MR) is 97.0 cm³/mol. The van der Waals surface area contributed by atoms with Gasteiger partial charge in [0.15, 0.2) is 6.10 Å². The van der Waals surface area contributed by atoms with Crippen LogP contribution in [0.2, 0.25) is 5.02 Å². The van der Waals surface area contributed by atoms with Gasteiger partial charge in [-0.05, 0) is 42.7 Å². The van der Waals surface area contributed by atoms with Crippen LogP contribution in [0.1, 0.15) is 6.92 Å². The molecule has 0 aromatic heterocycles. The van der Waals surface area contributed by atoms with Crippen LogP contribution in [0.4, 0.5) is 10.1 Å². The molecule has 25 heavy (non-hydrogen) atoms. The van der Waals surface area contributed by atoms with Gasteiger partial charge < -0.3 is 10.1 Å². The number of esters is 1. The molecule has 1 atom stereocenters. The van der Waals surface area contributed by atoms with E-state index >= 15 is 0 Å². The van der Waals surface area contributed by atoms with Gasteiger partial charge in [-0.2, -0.15) is 0 Å². The molecule has 7 heteroatoms. The third-order valence-electron chi connectivity index (χ3n) is 3.00. The summed E-state index contributed by atoms with van der Waals surface area (Å²) in [5.41, 5.74) is -0.0347. The maximum Gasteiger partial charge on any atom is 0.332 e. The van der Waals surface area contributed by atoms with Crippen molar-refractivity contribution >= 4 is 40.9 Å². The zero-order chi connectivity index (χ0) is 18.2. The highest BCUT2D eigenvalue weighted by Crippen LogP contribution is 2.20. The SMILES string of the molecule is C[C@H](OC(=O)/C=C/Sc1ccccc1)C(=O)Nc1ccc(Cl)cc1F. The van der Waals surface area contributed by atoms with Gasteiger partial charge in [0.25, 0.3) is 5.91 Å². The minimum absolute atomic E-state index is 0.0347. The van der Waals surface area contributed by atoms with Crippen molar-refractivity contribution in [3.63, 3.8) is 0 Å². The average Bonchev–Trinajstić information content (AvgIpc) is 2.58. The smallest absolute Gasteiger partial charge is 0.332 e. The fraction of sp³-hybridized carbons (Fsp3) is 0.111. The van der Waals surface area contributed by atoms with Gasteiger partial charge in [-0.1, -0.05) is 41.6 Å². The molecule has 1 N–H and O–H groups in total. The van der Waals surface area contributed by atoms with E-state index in [2.05, 4.69) is 5.32 Å². The number of carbonyl (C=O) groups is 2. The van der Waals surface area contributed by atoms with Crippen LogP contribution in [-0.4, -0.2) is 18.0 Å². The van der Waals surface area contributed by atoms with Crippen molar-refractivity contribution in [1.82, 2.24) is 0 Å². The average molecular weight is 380 g/mol. The minimum Gasteiger partial charge on any atom is -0.449 e. The summed E-state index contributed by atoms with van der Waals surface area (Å²) in [5, 5.41) is 4.13. The number of rotatable bonds is 6. The highest BCUT2D eigenvalue weighted by Gasteiger charge is 2.18. The first-order valence-corrected chi connectivity index (χ1v) is 8.56. The molecule has 4 nitrogen and oxygen atoms in total. The van der Waals surface area contributed by atoms with Crippen molar-refractivity contribution in [1.29, 1.82) is 0 Å². The molecule has 130 valence electrons. The zero-order valence-corrected chi connectivity index (χ0v) is 14.8. The number of nitrogens with one attached hydrogen (secondary N) is 1. The van der Waals surface area contributed by atoms with Gasteiger partial charge in [-0.15, -0.1) is 0 Å². The molecule has 2 aromatic carbocycles. The lowest BCUT2D eigenvalue weighted by molar-refractivity contribution is -0.148. The van der Waals surface area contributed by atoms with Crippen molar-refractivity contribution < 1.29 is 18.7 Å². The highest BCUT2D eigenvalue weighted by molar-refractivity contribution is 8.02. The number of ether oxygens (including phenoxy) is 1. The molecule has 0 fully saturated rings. The number of anilines is 1. The van der Waals surface area contributed by atoms with E-state index in [1.54, 1.807) is 5.41 Å². The fourth-order valence-electron chi connectivity index (χ4n) is 1.76. The lowest BCUT2D eigenvalue weighted by Gasteiger charge is -2.12. The standard InChI is InChI=1S/C18H15ClFNO3S/c1-12(18(23)21-16-8-7-13(19)11-15(16)20)24-17(22)9-10-25-14-5-3-2-4-6-14/h2-12H,1H3,(H,21,23)/b10-9+/t12-/m0/s1. The second-order valence-electron chi connectivity index (χ2n) is 4.93. The molecule has 1 amide bonds. The molecule has 0 heterocycles. The van der Waals surface area contributed by atoms with E-state index < -0.39 is 23.8 Å². The Kier molecular flexibility index (Phi) is 7.03. The second kappa shape index (κ2) is 9.25. The molecule has 0 aliphatic rings. The van der Waals surface area contributed by atoms with Crippen molar-refractivity contribution in [2.24, 2.45) is 0 Å². The summed E-state index contributed by atoms with van der Waals surface area (Å²) in [6.45, 7) is 1.40. The molecule has 0 spiro atoms. The van der Waals surface area contributed by atoms with Gasteiger partial charge in [0, 0.05) is 16.0 Å². The van der Waals surface area contributed by atoms with Gasteiger partial charge in [0.05, 0.1) is 5.69 Å². The maximum atomic E-state index is 13.6. The predicted octanol–water partition coefficient (Wildman–Crippen LogP) is 4.66. The Hall–Kier alpha value is -2.31. The molecule has 0 saturated heterocycles. The summed E-state index contributed by atoms with van der Waals surface area (Å²) in [5.74, 6) is -1.97.